The summed E-state index contributed by atoms with van der Waals surface area (Å²) in [4.78, 5) is 12.4. The predicted molar refractivity (Wildman–Crippen MR) is 95.4 cm³/mol. The van der Waals surface area contributed by atoms with Crippen LogP contribution in [0.25, 0.3) is 0 Å². The quantitative estimate of drug-likeness (QED) is 0.859. The number of rotatable bonds is 4. The molecule has 1 heterocycles. The molecule has 3 rings (SSSR count). The second-order valence-electron chi connectivity index (χ2n) is 5.62. The number of carbonyl (C=O) groups is 1. The number of benzene rings is 2. The van der Waals surface area contributed by atoms with Crippen LogP contribution in [0.3, 0.4) is 0 Å². The number of sulfonamides is 1. The van der Waals surface area contributed by atoms with E-state index in [0.717, 1.165) is 0 Å². The first-order valence-electron chi connectivity index (χ1n) is 7.82. The zero-order valence-electron chi connectivity index (χ0n) is 13.6. The van der Waals surface area contributed by atoms with Crippen LogP contribution in [0, 0.1) is 5.82 Å². The van der Waals surface area contributed by atoms with Crippen LogP contribution in [0.5, 0.6) is 0 Å². The van der Waals surface area contributed by atoms with Crippen molar-refractivity contribution in [1.29, 1.82) is 0 Å². The molecule has 0 bridgehead atoms. The smallest absolute Gasteiger partial charge is 0.257 e. The Morgan fingerprint density at radius 2 is 1.77 bits per heavy atom. The summed E-state index contributed by atoms with van der Waals surface area (Å²) in [6.45, 7) is 1.15. The molecule has 2 aromatic carbocycles. The van der Waals surface area contributed by atoms with E-state index in [4.69, 9.17) is 16.3 Å². The van der Waals surface area contributed by atoms with E-state index >= 15 is 0 Å². The molecule has 1 amide bonds. The molecule has 138 valence electrons. The molecule has 1 aliphatic rings. The number of carbonyl (C=O) groups excluding carboxylic acids is 1. The number of anilines is 1. The summed E-state index contributed by atoms with van der Waals surface area (Å²) in [6, 6.07) is 9.18. The Morgan fingerprint density at radius 1 is 1.12 bits per heavy atom. The Balaban J connectivity index is 1.87. The Bertz CT molecular complexity index is 913. The normalized spacial score (nSPS) is 15.6. The van der Waals surface area contributed by atoms with Crippen molar-refractivity contribution >= 4 is 33.2 Å². The van der Waals surface area contributed by atoms with E-state index in [0.29, 0.717) is 18.9 Å². The van der Waals surface area contributed by atoms with Gasteiger partial charge in [0, 0.05) is 18.8 Å². The fraction of sp³-hybridized carbons (Fsp3) is 0.235. The number of halogens is 2. The molecule has 1 N–H and O–H groups in total. The molecule has 2 aromatic rings. The molecule has 1 saturated heterocycles. The van der Waals surface area contributed by atoms with Gasteiger partial charge in [0.25, 0.3) is 5.91 Å². The van der Waals surface area contributed by atoms with E-state index in [2.05, 4.69) is 5.32 Å². The van der Waals surface area contributed by atoms with Gasteiger partial charge in [0.1, 0.15) is 5.82 Å². The molecule has 0 radical (unpaired) electrons. The highest BCUT2D eigenvalue weighted by Gasteiger charge is 2.27. The van der Waals surface area contributed by atoms with Crippen LogP contribution in [0.2, 0.25) is 5.02 Å². The van der Waals surface area contributed by atoms with E-state index in [1.807, 2.05) is 0 Å². The minimum atomic E-state index is -3.75. The largest absolute Gasteiger partial charge is 0.379 e. The third kappa shape index (κ3) is 4.04. The molecule has 0 spiro atoms. The molecule has 6 nitrogen and oxygen atoms in total. The maximum Gasteiger partial charge on any atom is 0.257 e. The zero-order valence-corrected chi connectivity index (χ0v) is 15.2. The van der Waals surface area contributed by atoms with Gasteiger partial charge in [0.2, 0.25) is 10.0 Å². The number of nitrogens with one attached hydrogen (secondary N) is 1. The minimum Gasteiger partial charge on any atom is -0.379 e. The van der Waals surface area contributed by atoms with E-state index in [-0.39, 0.29) is 28.6 Å². The van der Waals surface area contributed by atoms with Crippen LogP contribution in [0.1, 0.15) is 10.4 Å². The summed E-state index contributed by atoms with van der Waals surface area (Å²) in [5.74, 6) is -1.01. The molecular weight excluding hydrogens is 383 g/mol. The molecule has 0 saturated carbocycles. The van der Waals surface area contributed by atoms with Crippen molar-refractivity contribution in [2.24, 2.45) is 0 Å². The summed E-state index contributed by atoms with van der Waals surface area (Å²) in [7, 11) is -3.75. The molecule has 1 fully saturated rings. The molecule has 0 aliphatic carbocycles. The highest BCUT2D eigenvalue weighted by molar-refractivity contribution is 7.89. The number of morpholine rings is 1. The fourth-order valence-electron chi connectivity index (χ4n) is 2.51. The van der Waals surface area contributed by atoms with Crippen molar-refractivity contribution in [3.05, 3.63) is 58.9 Å². The van der Waals surface area contributed by atoms with Gasteiger partial charge in [-0.05, 0) is 42.5 Å². The van der Waals surface area contributed by atoms with Crippen LogP contribution in [-0.4, -0.2) is 44.9 Å². The Labute approximate surface area is 155 Å². The van der Waals surface area contributed by atoms with Crippen LogP contribution < -0.4 is 5.32 Å². The minimum absolute atomic E-state index is 0.0188. The highest BCUT2D eigenvalue weighted by atomic mass is 35.5. The van der Waals surface area contributed by atoms with E-state index in [1.165, 1.54) is 46.8 Å². The van der Waals surface area contributed by atoms with Crippen molar-refractivity contribution in [2.45, 2.75) is 4.90 Å². The monoisotopic (exact) mass is 398 g/mol. The molecule has 0 aromatic heterocycles. The number of hydrogen-bond acceptors (Lipinski definition) is 4. The van der Waals surface area contributed by atoms with Gasteiger partial charge in [-0.15, -0.1) is 0 Å². The van der Waals surface area contributed by atoms with E-state index in [1.54, 1.807) is 0 Å². The fourth-order valence-corrected chi connectivity index (χ4v) is 4.14. The van der Waals surface area contributed by atoms with Crippen LogP contribution in [0.4, 0.5) is 10.1 Å². The summed E-state index contributed by atoms with van der Waals surface area (Å²) in [5, 5.41) is 2.68. The Morgan fingerprint density at radius 3 is 2.42 bits per heavy atom. The molecule has 9 heteroatoms. The van der Waals surface area contributed by atoms with Crippen LogP contribution in [0.15, 0.2) is 47.4 Å². The first-order chi connectivity index (χ1) is 12.4. The molecule has 1 aliphatic heterocycles. The lowest BCUT2D eigenvalue weighted by Crippen LogP contribution is -2.40. The van der Waals surface area contributed by atoms with Gasteiger partial charge in [-0.2, -0.15) is 4.31 Å². The SMILES string of the molecule is O=C(Nc1ccc(F)cc1)c1cc(S(=O)(=O)N2CCOCC2)ccc1Cl. The van der Waals surface area contributed by atoms with E-state index in [9.17, 15) is 17.6 Å². The van der Waals surface area contributed by atoms with Gasteiger partial charge in [0.05, 0.1) is 28.7 Å². The first-order valence-corrected chi connectivity index (χ1v) is 9.64. The Hall–Kier alpha value is -2.00. The molecule has 0 atom stereocenters. The Kier molecular flexibility index (Phi) is 5.57. The van der Waals surface area contributed by atoms with Gasteiger partial charge in [-0.3, -0.25) is 4.79 Å². The lowest BCUT2D eigenvalue weighted by Gasteiger charge is -2.26. The van der Waals surface area contributed by atoms with Crippen LogP contribution in [-0.2, 0) is 14.8 Å². The maximum absolute atomic E-state index is 13.0. The first kappa shape index (κ1) is 18.8. The topological polar surface area (TPSA) is 75.7 Å². The average Bonchev–Trinajstić information content (AvgIpc) is 2.64. The maximum atomic E-state index is 13.0. The van der Waals surface area contributed by atoms with Gasteiger partial charge in [0.15, 0.2) is 0 Å². The van der Waals surface area contributed by atoms with Crippen molar-refractivity contribution in [1.82, 2.24) is 4.31 Å². The second kappa shape index (κ2) is 7.71. The average molecular weight is 399 g/mol. The summed E-state index contributed by atoms with van der Waals surface area (Å²) >= 11 is 6.07. The van der Waals surface area contributed by atoms with Gasteiger partial charge in [-0.1, -0.05) is 11.6 Å². The van der Waals surface area contributed by atoms with Crippen molar-refractivity contribution < 1.29 is 22.3 Å². The number of ether oxygens (including phenoxy) is 1. The van der Waals surface area contributed by atoms with Gasteiger partial charge >= 0.3 is 0 Å². The van der Waals surface area contributed by atoms with Crippen molar-refractivity contribution in [3.63, 3.8) is 0 Å². The molecule has 26 heavy (non-hydrogen) atoms. The lowest BCUT2D eigenvalue weighted by atomic mass is 10.2. The van der Waals surface area contributed by atoms with Crippen molar-refractivity contribution in [2.75, 3.05) is 31.6 Å². The van der Waals surface area contributed by atoms with Crippen molar-refractivity contribution in [3.8, 4) is 0 Å². The summed E-state index contributed by atoms with van der Waals surface area (Å²) in [5.41, 5.74) is 0.388. The standard InChI is InChI=1S/C17H16ClFN2O4S/c18-16-6-5-14(26(23,24)21-7-9-25-10-8-21)11-15(16)17(22)20-13-3-1-12(19)2-4-13/h1-6,11H,7-10H2,(H,20,22). The number of hydrogen-bond donors (Lipinski definition) is 1. The molecule has 0 unspecified atom stereocenters. The van der Waals surface area contributed by atoms with Gasteiger partial charge in [-0.25, -0.2) is 12.8 Å². The summed E-state index contributed by atoms with van der Waals surface area (Å²) < 4.78 is 44.9. The third-order valence-electron chi connectivity index (χ3n) is 3.89. The number of amides is 1. The highest BCUT2D eigenvalue weighted by Crippen LogP contribution is 2.24. The second-order valence-corrected chi connectivity index (χ2v) is 7.96. The summed E-state index contributed by atoms with van der Waals surface area (Å²) in [6.07, 6.45) is 0. The third-order valence-corrected chi connectivity index (χ3v) is 6.12. The predicted octanol–water partition coefficient (Wildman–Crippen LogP) is 2.75. The van der Waals surface area contributed by atoms with Gasteiger partial charge < -0.3 is 10.1 Å². The van der Waals surface area contributed by atoms with E-state index < -0.39 is 21.7 Å². The van der Waals surface area contributed by atoms with Crippen LogP contribution >= 0.6 is 11.6 Å². The molecular formula is C17H16ClFN2O4S. The zero-order chi connectivity index (χ0) is 18.7. The number of nitrogens with zero attached hydrogens (tertiary/aromatic N) is 1. The lowest BCUT2D eigenvalue weighted by molar-refractivity contribution is 0.0730.